The van der Waals surface area contributed by atoms with Crippen LogP contribution in [0.3, 0.4) is 0 Å². The van der Waals surface area contributed by atoms with E-state index in [1.165, 1.54) is 6.07 Å². The van der Waals surface area contributed by atoms with E-state index in [9.17, 15) is 4.79 Å². The van der Waals surface area contributed by atoms with Crippen molar-refractivity contribution in [3.8, 4) is 0 Å². The first-order valence-electron chi connectivity index (χ1n) is 3.87. The largest absolute Gasteiger partial charge is 0.444 e. The van der Waals surface area contributed by atoms with E-state index in [0.717, 1.165) is 5.56 Å². The topological polar surface area (TPSA) is 30.2 Å². The summed E-state index contributed by atoms with van der Waals surface area (Å²) in [5.41, 5.74) is 1.46. The van der Waals surface area contributed by atoms with Gasteiger partial charge < -0.3 is 4.42 Å². The van der Waals surface area contributed by atoms with Gasteiger partial charge in [0, 0.05) is 6.07 Å². The molecule has 0 fully saturated rings. The highest BCUT2D eigenvalue weighted by Crippen LogP contribution is 2.16. The zero-order valence-electron chi connectivity index (χ0n) is 7.00. The first-order valence-corrected chi connectivity index (χ1v) is 4.24. The Hall–Kier alpha value is -1.28. The lowest BCUT2D eigenvalue weighted by molar-refractivity contribution is 0.604. The predicted molar refractivity (Wildman–Crippen MR) is 52.2 cm³/mol. The van der Waals surface area contributed by atoms with Gasteiger partial charge in [-0.15, -0.1) is 0 Å². The van der Waals surface area contributed by atoms with Gasteiger partial charge in [0.15, 0.2) is 10.6 Å². The molecule has 1 heterocycles. The molecule has 0 N–H and O–H groups in total. The lowest BCUT2D eigenvalue weighted by atomic mass is 10.1. The zero-order chi connectivity index (χ0) is 9.42. The molecule has 66 valence electrons. The average molecular weight is 195 g/mol. The second kappa shape index (κ2) is 2.89. The van der Waals surface area contributed by atoms with Crippen LogP contribution in [0.5, 0.6) is 0 Å². The Kier molecular flexibility index (Phi) is 1.85. The predicted octanol–water partition coefficient (Wildman–Crippen LogP) is 2.75. The van der Waals surface area contributed by atoms with Crippen molar-refractivity contribution in [2.24, 2.45) is 0 Å². The number of aryl methyl sites for hydroxylation is 1. The van der Waals surface area contributed by atoms with Crippen LogP contribution in [0.15, 0.2) is 33.5 Å². The molecule has 2 nitrogen and oxygen atoms in total. The molecular formula is C10H7ClO2. The van der Waals surface area contributed by atoms with E-state index in [1.54, 1.807) is 12.1 Å². The Morgan fingerprint density at radius 2 is 2.08 bits per heavy atom. The van der Waals surface area contributed by atoms with Gasteiger partial charge in [0.1, 0.15) is 5.58 Å². The fourth-order valence-electron chi connectivity index (χ4n) is 1.24. The number of rotatable bonds is 0. The van der Waals surface area contributed by atoms with Crippen LogP contribution >= 0.6 is 11.6 Å². The van der Waals surface area contributed by atoms with Gasteiger partial charge in [-0.1, -0.05) is 11.6 Å². The third-order valence-electron chi connectivity index (χ3n) is 1.85. The third kappa shape index (κ3) is 1.45. The third-order valence-corrected chi connectivity index (χ3v) is 2.04. The number of hydrogen-bond acceptors (Lipinski definition) is 2. The van der Waals surface area contributed by atoms with E-state index in [1.807, 2.05) is 13.0 Å². The fourth-order valence-corrected chi connectivity index (χ4v) is 1.42. The normalized spacial score (nSPS) is 10.6. The first-order chi connectivity index (χ1) is 6.16. The Morgan fingerprint density at radius 1 is 1.31 bits per heavy atom. The van der Waals surface area contributed by atoms with Crippen molar-refractivity contribution < 1.29 is 4.42 Å². The Morgan fingerprint density at radius 3 is 2.85 bits per heavy atom. The molecule has 0 saturated carbocycles. The molecule has 2 aromatic rings. The lowest BCUT2D eigenvalue weighted by Crippen LogP contribution is -1.98. The molecule has 1 aromatic heterocycles. The molecule has 0 bridgehead atoms. The van der Waals surface area contributed by atoms with E-state index in [-0.39, 0.29) is 10.6 Å². The molecule has 0 amide bonds. The number of hydrogen-bond donors (Lipinski definition) is 0. The van der Waals surface area contributed by atoms with Crippen LogP contribution in [0.1, 0.15) is 5.56 Å². The van der Waals surface area contributed by atoms with Crippen molar-refractivity contribution >= 4 is 22.6 Å². The van der Waals surface area contributed by atoms with Crippen molar-refractivity contribution in [1.29, 1.82) is 0 Å². The van der Waals surface area contributed by atoms with Crippen molar-refractivity contribution in [2.75, 3.05) is 0 Å². The summed E-state index contributed by atoms with van der Waals surface area (Å²) >= 11 is 5.60. The second-order valence-corrected chi connectivity index (χ2v) is 3.29. The summed E-state index contributed by atoms with van der Waals surface area (Å²) in [6.07, 6.45) is 0. The maximum Gasteiger partial charge on any atom is 0.197 e. The van der Waals surface area contributed by atoms with Crippen LogP contribution in [0.2, 0.25) is 5.22 Å². The van der Waals surface area contributed by atoms with Gasteiger partial charge in [-0.2, -0.15) is 0 Å². The molecule has 0 saturated heterocycles. The monoisotopic (exact) mass is 194 g/mol. The second-order valence-electron chi connectivity index (χ2n) is 2.91. The summed E-state index contributed by atoms with van der Waals surface area (Å²) in [6.45, 7) is 1.92. The molecule has 3 heteroatoms. The summed E-state index contributed by atoms with van der Waals surface area (Å²) in [5, 5.41) is 0.700. The molecule has 0 spiro atoms. The van der Waals surface area contributed by atoms with Crippen LogP contribution in [0.25, 0.3) is 11.0 Å². The van der Waals surface area contributed by atoms with Crippen molar-refractivity contribution in [1.82, 2.24) is 0 Å². The molecule has 0 unspecified atom stereocenters. The van der Waals surface area contributed by atoms with Crippen LogP contribution in [0.4, 0.5) is 0 Å². The number of halogens is 1. The lowest BCUT2D eigenvalue weighted by Gasteiger charge is -1.97. The van der Waals surface area contributed by atoms with Gasteiger partial charge in [-0.25, -0.2) is 0 Å². The summed E-state index contributed by atoms with van der Waals surface area (Å²) in [7, 11) is 0. The smallest absolute Gasteiger partial charge is 0.197 e. The van der Waals surface area contributed by atoms with Gasteiger partial charge in [0.05, 0.1) is 5.39 Å². The van der Waals surface area contributed by atoms with Gasteiger partial charge in [0.2, 0.25) is 0 Å². The number of fused-ring (bicyclic) bond motifs is 1. The quantitative estimate of drug-likeness (QED) is 0.646. The minimum absolute atomic E-state index is 0.102. The Labute approximate surface area is 79.7 Å². The van der Waals surface area contributed by atoms with Gasteiger partial charge in [0.25, 0.3) is 0 Å². The van der Waals surface area contributed by atoms with E-state index in [4.69, 9.17) is 16.0 Å². The molecule has 0 radical (unpaired) electrons. The standard InChI is InChI=1S/C10H7ClO2/c1-6-2-3-9-7(4-6)8(12)5-10(11)13-9/h2-5H,1H3. The molecule has 13 heavy (non-hydrogen) atoms. The molecule has 2 rings (SSSR count). The highest BCUT2D eigenvalue weighted by atomic mass is 35.5. The summed E-state index contributed by atoms with van der Waals surface area (Å²) in [5.74, 6) is 0. The summed E-state index contributed by atoms with van der Waals surface area (Å²) < 4.78 is 5.16. The minimum atomic E-state index is -0.102. The van der Waals surface area contributed by atoms with E-state index in [0.29, 0.717) is 11.0 Å². The summed E-state index contributed by atoms with van der Waals surface area (Å²) in [4.78, 5) is 11.4. The van der Waals surface area contributed by atoms with Crippen LogP contribution in [-0.4, -0.2) is 0 Å². The van der Waals surface area contributed by atoms with Gasteiger partial charge >= 0.3 is 0 Å². The van der Waals surface area contributed by atoms with Gasteiger partial charge in [-0.05, 0) is 30.7 Å². The fraction of sp³-hybridized carbons (Fsp3) is 0.100. The maximum absolute atomic E-state index is 11.4. The van der Waals surface area contributed by atoms with Gasteiger partial charge in [-0.3, -0.25) is 4.79 Å². The highest BCUT2D eigenvalue weighted by molar-refractivity contribution is 6.29. The van der Waals surface area contributed by atoms with Crippen molar-refractivity contribution in [3.63, 3.8) is 0 Å². The van der Waals surface area contributed by atoms with Crippen molar-refractivity contribution in [3.05, 3.63) is 45.3 Å². The Balaban J connectivity index is 2.95. The molecule has 0 atom stereocenters. The Bertz CT molecular complexity index is 514. The van der Waals surface area contributed by atoms with E-state index < -0.39 is 0 Å². The van der Waals surface area contributed by atoms with Crippen LogP contribution < -0.4 is 5.43 Å². The minimum Gasteiger partial charge on any atom is -0.444 e. The molecule has 0 aliphatic rings. The molecule has 0 aliphatic heterocycles. The molecule has 1 aromatic carbocycles. The highest BCUT2D eigenvalue weighted by Gasteiger charge is 2.02. The SMILES string of the molecule is Cc1ccc2oc(Cl)cc(=O)c2c1. The first kappa shape index (κ1) is 8.32. The van der Waals surface area contributed by atoms with E-state index in [2.05, 4.69) is 0 Å². The van der Waals surface area contributed by atoms with E-state index >= 15 is 0 Å². The zero-order valence-corrected chi connectivity index (χ0v) is 7.76. The van der Waals surface area contributed by atoms with Crippen molar-refractivity contribution in [2.45, 2.75) is 6.92 Å². The number of benzene rings is 1. The molecular weight excluding hydrogens is 188 g/mol. The van der Waals surface area contributed by atoms with Crippen LogP contribution in [-0.2, 0) is 0 Å². The summed E-state index contributed by atoms with van der Waals surface area (Å²) in [6, 6.07) is 6.69. The molecule has 0 aliphatic carbocycles. The maximum atomic E-state index is 11.4. The van der Waals surface area contributed by atoms with Crippen LogP contribution in [0, 0.1) is 6.92 Å². The average Bonchev–Trinajstić information content (AvgIpc) is 2.06.